The molecule has 0 aromatic heterocycles. The van der Waals surface area contributed by atoms with E-state index >= 15 is 0 Å². The van der Waals surface area contributed by atoms with Crippen LogP contribution in [0.4, 0.5) is 0 Å². The molecule has 2 aromatic rings. The van der Waals surface area contributed by atoms with Gasteiger partial charge in [0.15, 0.2) is 17.2 Å². The summed E-state index contributed by atoms with van der Waals surface area (Å²) in [5.74, 6) is -1.19. The lowest BCUT2D eigenvalue weighted by Crippen LogP contribution is -2.59. The molecule has 1 unspecified atom stereocenters. The monoisotopic (exact) mass is 490 g/mol. The van der Waals surface area contributed by atoms with E-state index in [-0.39, 0.29) is 40.7 Å². The molecule has 3 amide bonds. The minimum Gasteiger partial charge on any atom is -0.493 e. The first-order chi connectivity index (χ1) is 16.0. The van der Waals surface area contributed by atoms with Gasteiger partial charge in [-0.2, -0.15) is 8.42 Å². The summed E-state index contributed by atoms with van der Waals surface area (Å²) in [6.45, 7) is 4.24. The van der Waals surface area contributed by atoms with Crippen LogP contribution in [0.5, 0.6) is 17.2 Å². The number of piperazine rings is 1. The molecule has 1 saturated heterocycles. The van der Waals surface area contributed by atoms with Crippen molar-refractivity contribution in [1.29, 1.82) is 0 Å². The van der Waals surface area contributed by atoms with E-state index < -0.39 is 33.9 Å². The summed E-state index contributed by atoms with van der Waals surface area (Å²) < 4.78 is 42.4. The number of methoxy groups -OCH3 is 2. The Hall–Kier alpha value is -3.60. The molecular weight excluding hydrogens is 464 g/mol. The number of ether oxygens (including phenoxy) is 2. The average Bonchev–Trinajstić information content (AvgIpc) is 2.78. The molecule has 10 nitrogen and oxygen atoms in total. The molecule has 1 aliphatic rings. The molecule has 2 aromatic carbocycles. The highest BCUT2D eigenvalue weighted by Crippen LogP contribution is 2.41. The van der Waals surface area contributed by atoms with Crippen LogP contribution in [-0.2, 0) is 30.9 Å². The largest absolute Gasteiger partial charge is 0.493 e. The van der Waals surface area contributed by atoms with Gasteiger partial charge in [-0.1, -0.05) is 17.7 Å². The number of benzene rings is 2. The van der Waals surface area contributed by atoms with Crippen LogP contribution in [0.3, 0.4) is 0 Å². The maximum Gasteiger partial charge on any atom is 0.339 e. The van der Waals surface area contributed by atoms with Crippen molar-refractivity contribution in [1.82, 2.24) is 10.2 Å². The number of rotatable bonds is 7. The third-order valence-electron chi connectivity index (χ3n) is 5.43. The van der Waals surface area contributed by atoms with Crippen molar-refractivity contribution in [3.8, 4) is 17.2 Å². The highest BCUT2D eigenvalue weighted by molar-refractivity contribution is 7.87. The molecule has 0 bridgehead atoms. The van der Waals surface area contributed by atoms with E-state index in [1.54, 1.807) is 19.1 Å². The van der Waals surface area contributed by atoms with Crippen LogP contribution in [0.25, 0.3) is 0 Å². The molecule has 1 heterocycles. The molecule has 0 aliphatic carbocycles. The molecule has 3 rings (SSSR count). The van der Waals surface area contributed by atoms with Crippen LogP contribution in [0, 0.1) is 13.8 Å². The van der Waals surface area contributed by atoms with E-state index in [0.29, 0.717) is 5.56 Å². The van der Waals surface area contributed by atoms with E-state index in [2.05, 4.69) is 5.32 Å². The van der Waals surface area contributed by atoms with Crippen molar-refractivity contribution in [3.05, 3.63) is 47.0 Å². The molecular formula is C23H26N2O8S. The Labute approximate surface area is 197 Å². The quantitative estimate of drug-likeness (QED) is 0.579. The lowest BCUT2D eigenvalue weighted by atomic mass is 9.99. The topological polar surface area (TPSA) is 128 Å². The molecule has 0 radical (unpaired) electrons. The zero-order chi connectivity index (χ0) is 25.2. The number of imide groups is 1. The van der Waals surface area contributed by atoms with Crippen LogP contribution in [0.15, 0.2) is 35.2 Å². The Balaban J connectivity index is 2.08. The molecule has 0 spiro atoms. The first kappa shape index (κ1) is 25.0. The molecule has 1 aliphatic heterocycles. The number of nitrogens with zero attached hydrogens (tertiary/aromatic N) is 1. The number of nitrogens with one attached hydrogen (secondary N) is 1. The Kier molecular flexibility index (Phi) is 7.15. The summed E-state index contributed by atoms with van der Waals surface area (Å²) in [5, 5.41) is 2.55. The molecule has 0 saturated carbocycles. The summed E-state index contributed by atoms with van der Waals surface area (Å²) in [4.78, 5) is 37.5. The highest BCUT2D eigenvalue weighted by Gasteiger charge is 2.36. The normalized spacial score (nSPS) is 16.1. The number of carbonyl (C=O) groups excluding carboxylic acids is 3. The first-order valence-corrected chi connectivity index (χ1v) is 11.8. The van der Waals surface area contributed by atoms with E-state index in [1.165, 1.54) is 39.3 Å². The highest BCUT2D eigenvalue weighted by atomic mass is 32.2. The summed E-state index contributed by atoms with van der Waals surface area (Å²) in [6, 6.07) is 6.52. The summed E-state index contributed by atoms with van der Waals surface area (Å²) in [7, 11) is -1.43. The minimum absolute atomic E-state index is 0.0527. The fourth-order valence-electron chi connectivity index (χ4n) is 3.69. The zero-order valence-corrected chi connectivity index (χ0v) is 20.3. The molecule has 11 heteroatoms. The van der Waals surface area contributed by atoms with E-state index in [1.807, 2.05) is 6.92 Å². The SMILES string of the molecule is COc1cc(CC2NC(=O)CN(C(C)=O)C2=O)c(OS(=O)(=O)c2ccc(C)cc2)c(C)c1OC. The fraction of sp³-hybridized carbons (Fsp3) is 0.348. The number of hydrogen-bond donors (Lipinski definition) is 1. The van der Waals surface area contributed by atoms with Gasteiger partial charge in [-0.25, -0.2) is 0 Å². The number of aryl methyl sites for hydroxylation is 1. The van der Waals surface area contributed by atoms with Gasteiger partial charge in [-0.05, 0) is 32.0 Å². The number of hydrogen-bond acceptors (Lipinski definition) is 8. The molecule has 34 heavy (non-hydrogen) atoms. The standard InChI is InChI=1S/C23H26N2O8S/c1-13-6-8-17(9-7-13)34(29,30)33-21-14(2)22(32-5)19(31-4)11-16(21)10-18-23(28)25(15(3)26)12-20(27)24-18/h6-9,11,18H,10,12H2,1-5H3,(H,24,27). The predicted molar refractivity (Wildman–Crippen MR) is 121 cm³/mol. The predicted octanol–water partition coefficient (Wildman–Crippen LogP) is 1.50. The Bertz CT molecular complexity index is 1240. The first-order valence-electron chi connectivity index (χ1n) is 10.4. The van der Waals surface area contributed by atoms with Crippen molar-refractivity contribution in [2.24, 2.45) is 0 Å². The van der Waals surface area contributed by atoms with Crippen molar-refractivity contribution in [2.75, 3.05) is 20.8 Å². The van der Waals surface area contributed by atoms with Crippen LogP contribution < -0.4 is 19.0 Å². The number of amides is 3. The smallest absolute Gasteiger partial charge is 0.339 e. The third kappa shape index (κ3) is 4.98. The fourth-order valence-corrected chi connectivity index (χ4v) is 4.71. The molecule has 1 atom stereocenters. The van der Waals surface area contributed by atoms with E-state index in [9.17, 15) is 22.8 Å². The lowest BCUT2D eigenvalue weighted by Gasteiger charge is -2.31. The minimum atomic E-state index is -4.24. The van der Waals surface area contributed by atoms with E-state index in [4.69, 9.17) is 13.7 Å². The van der Waals surface area contributed by atoms with Crippen LogP contribution in [0.2, 0.25) is 0 Å². The third-order valence-corrected chi connectivity index (χ3v) is 6.67. The van der Waals surface area contributed by atoms with E-state index in [0.717, 1.165) is 10.5 Å². The van der Waals surface area contributed by atoms with Crippen molar-refractivity contribution in [3.63, 3.8) is 0 Å². The average molecular weight is 491 g/mol. The van der Waals surface area contributed by atoms with Gasteiger partial charge in [0, 0.05) is 24.5 Å². The van der Waals surface area contributed by atoms with Gasteiger partial charge in [-0.3, -0.25) is 19.3 Å². The van der Waals surface area contributed by atoms with Crippen LogP contribution in [-0.4, -0.2) is 57.8 Å². The van der Waals surface area contributed by atoms with Gasteiger partial charge >= 0.3 is 10.1 Å². The van der Waals surface area contributed by atoms with Crippen LogP contribution in [0.1, 0.15) is 23.6 Å². The second-order valence-corrected chi connectivity index (χ2v) is 9.39. The van der Waals surface area contributed by atoms with Gasteiger partial charge in [0.25, 0.3) is 5.91 Å². The van der Waals surface area contributed by atoms with Gasteiger partial charge < -0.3 is 19.0 Å². The molecule has 1 N–H and O–H groups in total. The van der Waals surface area contributed by atoms with Gasteiger partial charge in [0.2, 0.25) is 11.8 Å². The second kappa shape index (κ2) is 9.72. The Morgan fingerprint density at radius 1 is 1.09 bits per heavy atom. The Morgan fingerprint density at radius 3 is 2.29 bits per heavy atom. The maximum atomic E-state index is 13.0. The molecule has 182 valence electrons. The van der Waals surface area contributed by atoms with Crippen LogP contribution >= 0.6 is 0 Å². The summed E-state index contributed by atoms with van der Waals surface area (Å²) >= 11 is 0. The van der Waals surface area contributed by atoms with Crippen molar-refractivity contribution in [2.45, 2.75) is 38.1 Å². The van der Waals surface area contributed by atoms with Gasteiger partial charge in [-0.15, -0.1) is 0 Å². The maximum absolute atomic E-state index is 13.0. The number of carbonyl (C=O) groups is 3. The zero-order valence-electron chi connectivity index (χ0n) is 19.5. The van der Waals surface area contributed by atoms with Gasteiger partial charge in [0.1, 0.15) is 17.5 Å². The Morgan fingerprint density at radius 2 is 1.74 bits per heavy atom. The van der Waals surface area contributed by atoms with Gasteiger partial charge in [0.05, 0.1) is 14.2 Å². The van der Waals surface area contributed by atoms with Crippen molar-refractivity contribution < 1.29 is 36.5 Å². The summed E-state index contributed by atoms with van der Waals surface area (Å²) in [5.41, 5.74) is 1.48. The summed E-state index contributed by atoms with van der Waals surface area (Å²) in [6.07, 6.45) is -0.145. The van der Waals surface area contributed by atoms with Crippen molar-refractivity contribution >= 4 is 27.8 Å². The molecule has 1 fully saturated rings. The second-order valence-electron chi connectivity index (χ2n) is 7.84. The lowest BCUT2D eigenvalue weighted by molar-refractivity contribution is -0.152.